The lowest BCUT2D eigenvalue weighted by molar-refractivity contribution is -0.120. The summed E-state index contributed by atoms with van der Waals surface area (Å²) in [5.41, 5.74) is 12.9. The van der Waals surface area contributed by atoms with Crippen molar-refractivity contribution >= 4 is 23.2 Å². The highest BCUT2D eigenvalue weighted by Crippen LogP contribution is 2.22. The van der Waals surface area contributed by atoms with Crippen LogP contribution in [0, 0.1) is 5.92 Å². The van der Waals surface area contributed by atoms with Crippen LogP contribution >= 0.6 is 0 Å². The Morgan fingerprint density at radius 2 is 1.85 bits per heavy atom. The molecule has 1 aromatic carbocycles. The van der Waals surface area contributed by atoms with Gasteiger partial charge in [0.05, 0.1) is 11.4 Å². The van der Waals surface area contributed by atoms with E-state index in [4.69, 9.17) is 11.5 Å². The van der Waals surface area contributed by atoms with Crippen molar-refractivity contribution in [3.05, 3.63) is 23.8 Å². The van der Waals surface area contributed by atoms with Crippen molar-refractivity contribution in [2.75, 3.05) is 24.7 Å². The monoisotopic (exact) mass is 278 g/mol. The van der Waals surface area contributed by atoms with Crippen LogP contribution in [0.1, 0.15) is 24.2 Å². The summed E-state index contributed by atoms with van der Waals surface area (Å²) >= 11 is 0. The van der Waals surface area contributed by atoms with Gasteiger partial charge in [-0.1, -0.05) is 13.8 Å². The van der Waals surface area contributed by atoms with Crippen LogP contribution in [0.2, 0.25) is 0 Å². The largest absolute Gasteiger partial charge is 0.397 e. The number of primary amides is 1. The van der Waals surface area contributed by atoms with E-state index in [1.165, 1.54) is 0 Å². The molecule has 5 N–H and O–H groups in total. The zero-order valence-electron chi connectivity index (χ0n) is 12.3. The van der Waals surface area contributed by atoms with Crippen LogP contribution in [-0.4, -0.2) is 32.0 Å². The number of nitrogen functional groups attached to an aromatic ring is 1. The number of hydrogen-bond donors (Lipinski definition) is 3. The highest BCUT2D eigenvalue weighted by Gasteiger charge is 2.22. The van der Waals surface area contributed by atoms with Gasteiger partial charge in [-0.15, -0.1) is 0 Å². The number of nitrogens with one attached hydrogen (secondary N) is 1. The van der Waals surface area contributed by atoms with Gasteiger partial charge in [0.2, 0.25) is 5.91 Å². The summed E-state index contributed by atoms with van der Waals surface area (Å²) in [7, 11) is 3.74. The van der Waals surface area contributed by atoms with Gasteiger partial charge in [-0.2, -0.15) is 0 Å². The molecule has 6 heteroatoms. The molecule has 0 aliphatic carbocycles. The maximum absolute atomic E-state index is 12.1. The first-order valence-corrected chi connectivity index (χ1v) is 6.41. The lowest BCUT2D eigenvalue weighted by Crippen LogP contribution is -2.47. The molecule has 0 spiro atoms. The topological polar surface area (TPSA) is 101 Å². The van der Waals surface area contributed by atoms with Crippen molar-refractivity contribution in [1.82, 2.24) is 5.32 Å². The van der Waals surface area contributed by atoms with Gasteiger partial charge in [0.15, 0.2) is 0 Å². The Labute approximate surface area is 119 Å². The molecule has 0 saturated carbocycles. The minimum absolute atomic E-state index is 0.0742. The zero-order valence-corrected chi connectivity index (χ0v) is 12.3. The van der Waals surface area contributed by atoms with Crippen molar-refractivity contribution in [2.24, 2.45) is 11.7 Å². The highest BCUT2D eigenvalue weighted by atomic mass is 16.2. The Kier molecular flexibility index (Phi) is 4.96. The third-order valence-corrected chi connectivity index (χ3v) is 3.03. The first-order chi connectivity index (χ1) is 9.23. The third kappa shape index (κ3) is 3.63. The molecule has 1 atom stereocenters. The molecule has 0 heterocycles. The van der Waals surface area contributed by atoms with Gasteiger partial charge in [-0.25, -0.2) is 0 Å². The van der Waals surface area contributed by atoms with E-state index in [0.717, 1.165) is 5.69 Å². The second-order valence-corrected chi connectivity index (χ2v) is 5.27. The lowest BCUT2D eigenvalue weighted by atomic mass is 10.0. The summed E-state index contributed by atoms with van der Waals surface area (Å²) in [6, 6.07) is 4.32. The Bertz CT molecular complexity index is 512. The number of hydrogen-bond acceptors (Lipinski definition) is 4. The normalized spacial score (nSPS) is 12.1. The van der Waals surface area contributed by atoms with Crippen molar-refractivity contribution < 1.29 is 9.59 Å². The van der Waals surface area contributed by atoms with E-state index >= 15 is 0 Å². The Morgan fingerprint density at radius 3 is 2.25 bits per heavy atom. The van der Waals surface area contributed by atoms with Gasteiger partial charge < -0.3 is 21.7 Å². The smallest absolute Gasteiger partial charge is 0.252 e. The number of amides is 2. The lowest BCUT2D eigenvalue weighted by Gasteiger charge is -2.20. The second kappa shape index (κ2) is 6.27. The summed E-state index contributed by atoms with van der Waals surface area (Å²) in [6.07, 6.45) is 0. The summed E-state index contributed by atoms with van der Waals surface area (Å²) < 4.78 is 0. The summed E-state index contributed by atoms with van der Waals surface area (Å²) in [6.45, 7) is 3.64. The van der Waals surface area contributed by atoms with Gasteiger partial charge in [0.1, 0.15) is 6.04 Å². The molecular weight excluding hydrogens is 256 g/mol. The maximum atomic E-state index is 12.1. The van der Waals surface area contributed by atoms with E-state index in [-0.39, 0.29) is 11.8 Å². The van der Waals surface area contributed by atoms with Gasteiger partial charge >= 0.3 is 0 Å². The molecule has 0 saturated heterocycles. The molecule has 0 aromatic heterocycles. The van der Waals surface area contributed by atoms with E-state index in [1.807, 2.05) is 32.8 Å². The van der Waals surface area contributed by atoms with Crippen LogP contribution < -0.4 is 21.7 Å². The molecule has 0 aliphatic heterocycles. The molecule has 2 amide bonds. The molecule has 6 nitrogen and oxygen atoms in total. The van der Waals surface area contributed by atoms with E-state index in [9.17, 15) is 9.59 Å². The number of nitrogens with two attached hydrogens (primary N) is 2. The van der Waals surface area contributed by atoms with Crippen LogP contribution in [0.5, 0.6) is 0 Å². The number of anilines is 2. The fraction of sp³-hybridized carbons (Fsp3) is 0.429. The predicted octanol–water partition coefficient (Wildman–Crippen LogP) is 0.575. The Morgan fingerprint density at radius 1 is 1.25 bits per heavy atom. The van der Waals surface area contributed by atoms with E-state index in [0.29, 0.717) is 11.3 Å². The summed E-state index contributed by atoms with van der Waals surface area (Å²) in [5.74, 6) is -0.986. The van der Waals surface area contributed by atoms with Crippen LogP contribution in [-0.2, 0) is 4.79 Å². The molecule has 1 aromatic rings. The third-order valence-electron chi connectivity index (χ3n) is 3.03. The molecule has 110 valence electrons. The molecule has 0 bridgehead atoms. The van der Waals surface area contributed by atoms with Crippen molar-refractivity contribution in [3.63, 3.8) is 0 Å². The first kappa shape index (κ1) is 15.8. The number of nitrogens with zero attached hydrogens (tertiary/aromatic N) is 1. The number of benzene rings is 1. The Hall–Kier alpha value is -2.24. The highest BCUT2D eigenvalue weighted by molar-refractivity contribution is 5.98. The zero-order chi connectivity index (χ0) is 15.4. The standard InChI is InChI=1S/C14H22N4O2/c1-8(2)12(13(16)19)17-14(20)9-5-6-11(18(3)4)10(15)7-9/h5-8,12H,15H2,1-4H3,(H2,16,19)(H,17,20). The van der Waals surface area contributed by atoms with Crippen LogP contribution in [0.25, 0.3) is 0 Å². The van der Waals surface area contributed by atoms with Gasteiger partial charge in [0, 0.05) is 19.7 Å². The molecule has 20 heavy (non-hydrogen) atoms. The minimum atomic E-state index is -0.697. The maximum Gasteiger partial charge on any atom is 0.252 e. The summed E-state index contributed by atoms with van der Waals surface area (Å²) in [5, 5.41) is 2.63. The second-order valence-electron chi connectivity index (χ2n) is 5.27. The molecule has 0 fully saturated rings. The van der Waals surface area contributed by atoms with Crippen molar-refractivity contribution in [3.8, 4) is 0 Å². The van der Waals surface area contributed by atoms with E-state index in [2.05, 4.69) is 5.32 Å². The summed E-state index contributed by atoms with van der Waals surface area (Å²) in [4.78, 5) is 25.3. The molecule has 0 aliphatic rings. The van der Waals surface area contributed by atoms with Crippen LogP contribution in [0.4, 0.5) is 11.4 Å². The fourth-order valence-electron chi connectivity index (χ4n) is 1.89. The van der Waals surface area contributed by atoms with Crippen molar-refractivity contribution in [2.45, 2.75) is 19.9 Å². The number of carbonyl (C=O) groups excluding carboxylic acids is 2. The van der Waals surface area contributed by atoms with Gasteiger partial charge in [-0.05, 0) is 24.1 Å². The van der Waals surface area contributed by atoms with Crippen LogP contribution in [0.3, 0.4) is 0 Å². The number of carbonyl (C=O) groups is 2. The molecular formula is C14H22N4O2. The van der Waals surface area contributed by atoms with E-state index < -0.39 is 11.9 Å². The quantitative estimate of drug-likeness (QED) is 0.685. The van der Waals surface area contributed by atoms with Crippen LogP contribution in [0.15, 0.2) is 18.2 Å². The van der Waals surface area contributed by atoms with E-state index in [1.54, 1.807) is 18.2 Å². The fourth-order valence-corrected chi connectivity index (χ4v) is 1.89. The predicted molar refractivity (Wildman–Crippen MR) is 80.5 cm³/mol. The minimum Gasteiger partial charge on any atom is -0.397 e. The average molecular weight is 278 g/mol. The molecule has 1 rings (SSSR count). The average Bonchev–Trinajstić information content (AvgIpc) is 2.34. The first-order valence-electron chi connectivity index (χ1n) is 6.41. The molecule has 1 unspecified atom stereocenters. The van der Waals surface area contributed by atoms with Crippen molar-refractivity contribution in [1.29, 1.82) is 0 Å². The number of rotatable bonds is 5. The Balaban J connectivity index is 2.93. The van der Waals surface area contributed by atoms with Gasteiger partial charge in [-0.3, -0.25) is 9.59 Å². The molecule has 0 radical (unpaired) electrons. The van der Waals surface area contributed by atoms with Gasteiger partial charge in [0.25, 0.3) is 5.91 Å². The SMILES string of the molecule is CC(C)C(NC(=O)c1ccc(N(C)C)c(N)c1)C(N)=O.